The average molecular weight is 556 g/mol. The van der Waals surface area contributed by atoms with E-state index < -0.39 is 5.54 Å². The molecule has 1 aliphatic rings. The number of urea groups is 1. The molecule has 1 aliphatic heterocycles. The second-order valence-corrected chi connectivity index (χ2v) is 11.3. The Labute approximate surface area is 240 Å². The van der Waals surface area contributed by atoms with Gasteiger partial charge in [-0.25, -0.2) is 9.78 Å². The Morgan fingerprint density at radius 3 is 2.10 bits per heavy atom. The molecular formula is C32H37N5O2S. The largest absolute Gasteiger partial charge is 0.340 e. The Morgan fingerprint density at radius 2 is 1.50 bits per heavy atom. The van der Waals surface area contributed by atoms with E-state index >= 15 is 0 Å². The lowest BCUT2D eigenvalue weighted by molar-refractivity contribution is -0.132. The van der Waals surface area contributed by atoms with Crippen LogP contribution in [-0.2, 0) is 10.3 Å². The van der Waals surface area contributed by atoms with Crippen molar-refractivity contribution < 1.29 is 9.59 Å². The number of nitrogens with one attached hydrogen (secondary N) is 1. The SMILES string of the molecule is CCC(c1ccccc1)(c1ccccc1)N(CCCC(=O)N1CCN(C)CC1)C(=O)Nc1nc2ccccc2s1. The molecule has 0 radical (unpaired) electrons. The smallest absolute Gasteiger partial charge is 0.324 e. The topological polar surface area (TPSA) is 68.8 Å². The van der Waals surface area contributed by atoms with E-state index in [4.69, 9.17) is 0 Å². The predicted octanol–water partition coefficient (Wildman–Crippen LogP) is 6.04. The number of nitrogens with zero attached hydrogens (tertiary/aromatic N) is 4. The average Bonchev–Trinajstić information content (AvgIpc) is 3.40. The lowest BCUT2D eigenvalue weighted by atomic mass is 9.79. The summed E-state index contributed by atoms with van der Waals surface area (Å²) in [5.41, 5.74) is 2.21. The normalized spacial score (nSPS) is 14.3. The van der Waals surface area contributed by atoms with Crippen LogP contribution >= 0.6 is 11.3 Å². The van der Waals surface area contributed by atoms with Crippen molar-refractivity contribution in [2.24, 2.45) is 0 Å². The van der Waals surface area contributed by atoms with Gasteiger partial charge in [0.15, 0.2) is 5.13 Å². The molecule has 2 heterocycles. The molecule has 5 rings (SSSR count). The van der Waals surface area contributed by atoms with Crippen LogP contribution < -0.4 is 5.32 Å². The van der Waals surface area contributed by atoms with Gasteiger partial charge >= 0.3 is 6.03 Å². The highest BCUT2D eigenvalue weighted by Crippen LogP contribution is 2.40. The number of thiazole rings is 1. The van der Waals surface area contributed by atoms with Gasteiger partial charge < -0.3 is 14.7 Å². The Morgan fingerprint density at radius 1 is 0.900 bits per heavy atom. The van der Waals surface area contributed by atoms with Crippen LogP contribution in [0.25, 0.3) is 10.2 Å². The summed E-state index contributed by atoms with van der Waals surface area (Å²) in [4.78, 5) is 38.1. The molecule has 1 fully saturated rings. The standard InChI is InChI=1S/C32H37N5O2S/c1-3-32(25-13-6-4-7-14-25,26-15-8-5-9-16-26)37(20-12-19-29(38)36-23-21-35(2)22-24-36)31(39)34-30-33-27-17-10-11-18-28(27)40-30/h4-11,13-18H,3,12,19-24H2,1-2H3,(H,33,34,39). The lowest BCUT2D eigenvalue weighted by Crippen LogP contribution is -2.52. The van der Waals surface area contributed by atoms with Crippen molar-refractivity contribution >= 4 is 38.6 Å². The van der Waals surface area contributed by atoms with Gasteiger partial charge in [-0.2, -0.15) is 0 Å². The van der Waals surface area contributed by atoms with Crippen LogP contribution in [0.4, 0.5) is 9.93 Å². The van der Waals surface area contributed by atoms with Crippen LogP contribution in [0, 0.1) is 0 Å². The Hall–Kier alpha value is -3.75. The van der Waals surface area contributed by atoms with Crippen molar-refractivity contribution in [3.05, 3.63) is 96.1 Å². The number of benzene rings is 3. The van der Waals surface area contributed by atoms with Crippen molar-refractivity contribution in [2.45, 2.75) is 31.7 Å². The van der Waals surface area contributed by atoms with E-state index in [0.717, 1.165) is 47.5 Å². The minimum Gasteiger partial charge on any atom is -0.340 e. The van der Waals surface area contributed by atoms with E-state index in [-0.39, 0.29) is 11.9 Å². The first-order valence-corrected chi connectivity index (χ1v) is 14.8. The van der Waals surface area contributed by atoms with Gasteiger partial charge in [-0.3, -0.25) is 10.1 Å². The Balaban J connectivity index is 1.46. The number of likely N-dealkylation sites (N-methyl/N-ethyl adjacent to an activating group) is 1. The van der Waals surface area contributed by atoms with Crippen LogP contribution in [0.15, 0.2) is 84.9 Å². The predicted molar refractivity (Wildman–Crippen MR) is 163 cm³/mol. The van der Waals surface area contributed by atoms with Gasteiger partial charge in [0.1, 0.15) is 0 Å². The molecule has 3 aromatic carbocycles. The number of piperazine rings is 1. The summed E-state index contributed by atoms with van der Waals surface area (Å²) >= 11 is 1.47. The zero-order valence-electron chi connectivity index (χ0n) is 23.3. The van der Waals surface area contributed by atoms with Crippen LogP contribution in [-0.4, -0.2) is 71.4 Å². The third-order valence-electron chi connectivity index (χ3n) is 7.86. The fourth-order valence-electron chi connectivity index (χ4n) is 5.66. The van der Waals surface area contributed by atoms with E-state index in [1.807, 2.05) is 70.5 Å². The van der Waals surface area contributed by atoms with Crippen LogP contribution in [0.1, 0.15) is 37.3 Å². The molecule has 1 aromatic heterocycles. The minimum atomic E-state index is -0.722. The number of fused-ring (bicyclic) bond motifs is 1. The maximum absolute atomic E-state index is 14.2. The Kier molecular flexibility index (Phi) is 8.77. The number of aromatic nitrogens is 1. The quantitative estimate of drug-likeness (QED) is 0.274. The molecule has 0 atom stereocenters. The van der Waals surface area contributed by atoms with E-state index in [1.54, 1.807) is 0 Å². The van der Waals surface area contributed by atoms with Gasteiger partial charge in [0.25, 0.3) is 0 Å². The van der Waals surface area contributed by atoms with Crippen molar-refractivity contribution in [3.8, 4) is 0 Å². The minimum absolute atomic E-state index is 0.154. The molecule has 0 bridgehead atoms. The highest BCUT2D eigenvalue weighted by Gasteiger charge is 2.41. The molecule has 0 spiro atoms. The fraction of sp³-hybridized carbons (Fsp3) is 0.344. The second-order valence-electron chi connectivity index (χ2n) is 10.3. The first kappa shape index (κ1) is 27.8. The number of hydrogen-bond acceptors (Lipinski definition) is 5. The Bertz CT molecular complexity index is 1340. The maximum atomic E-state index is 14.2. The van der Waals surface area contributed by atoms with Crippen LogP contribution in [0.5, 0.6) is 0 Å². The number of amides is 3. The van der Waals surface area contributed by atoms with Gasteiger partial charge in [0.05, 0.1) is 15.8 Å². The zero-order valence-corrected chi connectivity index (χ0v) is 24.1. The molecule has 0 aliphatic carbocycles. The molecule has 208 valence electrons. The summed E-state index contributed by atoms with van der Waals surface area (Å²) in [7, 11) is 2.08. The molecule has 1 N–H and O–H groups in total. The molecular weight excluding hydrogens is 518 g/mol. The summed E-state index contributed by atoms with van der Waals surface area (Å²) in [5.74, 6) is 0.154. The zero-order chi connectivity index (χ0) is 28.0. The molecule has 3 amide bonds. The van der Waals surface area contributed by atoms with E-state index in [9.17, 15) is 9.59 Å². The highest BCUT2D eigenvalue weighted by atomic mass is 32.1. The number of rotatable bonds is 9. The van der Waals surface area contributed by atoms with Crippen molar-refractivity contribution in [2.75, 3.05) is 45.1 Å². The molecule has 1 saturated heterocycles. The number of para-hydroxylation sites is 1. The number of carbonyl (C=O) groups is 2. The summed E-state index contributed by atoms with van der Waals surface area (Å²) in [6.45, 7) is 5.84. The lowest BCUT2D eigenvalue weighted by Gasteiger charge is -2.44. The van der Waals surface area contributed by atoms with Gasteiger partial charge in [0.2, 0.25) is 5.91 Å². The summed E-state index contributed by atoms with van der Waals surface area (Å²) in [6, 6.07) is 28.1. The van der Waals surface area contributed by atoms with E-state index in [1.165, 1.54) is 11.3 Å². The summed E-state index contributed by atoms with van der Waals surface area (Å²) < 4.78 is 1.02. The third-order valence-corrected chi connectivity index (χ3v) is 8.81. The number of carbonyl (C=O) groups excluding carboxylic acids is 2. The third kappa shape index (κ3) is 5.88. The summed E-state index contributed by atoms with van der Waals surface area (Å²) in [6.07, 6.45) is 1.64. The maximum Gasteiger partial charge on any atom is 0.324 e. The molecule has 0 unspecified atom stereocenters. The fourth-order valence-corrected chi connectivity index (χ4v) is 6.51. The van der Waals surface area contributed by atoms with Gasteiger partial charge in [-0.1, -0.05) is 91.1 Å². The number of anilines is 1. The molecule has 4 aromatic rings. The first-order valence-electron chi connectivity index (χ1n) is 14.0. The molecule has 40 heavy (non-hydrogen) atoms. The summed E-state index contributed by atoms with van der Waals surface area (Å²) in [5, 5.41) is 3.68. The first-order chi connectivity index (χ1) is 19.5. The monoisotopic (exact) mass is 555 g/mol. The van der Waals surface area contributed by atoms with Crippen molar-refractivity contribution in [1.29, 1.82) is 0 Å². The molecule has 8 heteroatoms. The van der Waals surface area contributed by atoms with E-state index in [2.05, 4.69) is 53.4 Å². The van der Waals surface area contributed by atoms with Gasteiger partial charge in [-0.05, 0) is 43.1 Å². The van der Waals surface area contributed by atoms with Gasteiger partial charge in [-0.15, -0.1) is 0 Å². The number of hydrogen-bond donors (Lipinski definition) is 1. The molecule has 7 nitrogen and oxygen atoms in total. The van der Waals surface area contributed by atoms with Crippen molar-refractivity contribution in [1.82, 2.24) is 19.7 Å². The van der Waals surface area contributed by atoms with Gasteiger partial charge in [0, 0.05) is 39.1 Å². The van der Waals surface area contributed by atoms with E-state index in [0.29, 0.717) is 30.9 Å². The van der Waals surface area contributed by atoms with Crippen molar-refractivity contribution in [3.63, 3.8) is 0 Å². The van der Waals surface area contributed by atoms with Crippen LogP contribution in [0.2, 0.25) is 0 Å². The van der Waals surface area contributed by atoms with Crippen LogP contribution in [0.3, 0.4) is 0 Å². The second kappa shape index (κ2) is 12.6. The molecule has 0 saturated carbocycles. The highest BCUT2D eigenvalue weighted by molar-refractivity contribution is 7.22.